The van der Waals surface area contributed by atoms with Gasteiger partial charge < -0.3 is 84.6 Å². The van der Waals surface area contributed by atoms with Crippen molar-refractivity contribution < 1.29 is 84.6 Å². The second kappa shape index (κ2) is 18.8. The third-order valence-electron chi connectivity index (χ3n) is 18.4. The summed E-state index contributed by atoms with van der Waals surface area (Å²) in [6.07, 6.45) is -12.4. The smallest absolute Gasteiger partial charge is 0.187 e. The van der Waals surface area contributed by atoms with Crippen LogP contribution in [0, 0.1) is 45.3 Å². The molecule has 0 radical (unpaired) electrons. The van der Waals surface area contributed by atoms with Crippen LogP contribution < -0.4 is 0 Å². The van der Waals surface area contributed by atoms with Gasteiger partial charge in [-0.25, -0.2) is 0 Å². The van der Waals surface area contributed by atoms with Crippen LogP contribution in [0.4, 0.5) is 0 Å². The fourth-order valence-corrected chi connectivity index (χ4v) is 14.5. The third-order valence-corrected chi connectivity index (χ3v) is 18.4. The quantitative estimate of drug-likeness (QED) is 0.0946. The molecular formula is C47H80O17. The molecule has 17 heteroatoms. The molecule has 0 aromatic rings. The Labute approximate surface area is 377 Å². The van der Waals surface area contributed by atoms with Crippen LogP contribution in [-0.2, 0) is 28.4 Å². The first kappa shape index (κ1) is 50.9. The van der Waals surface area contributed by atoms with Crippen LogP contribution in [0.15, 0.2) is 11.6 Å². The van der Waals surface area contributed by atoms with Crippen LogP contribution in [0.1, 0.15) is 113 Å². The predicted octanol–water partition coefficient (Wildman–Crippen LogP) is 0.612. The standard InChI is InChI=1S/C47H80O17/c1-22(2)10-9-14-47(8,64-42-39(58)36(55)34(53)27(62-42)21-60-40-37(56)32(51)25(50)20-59-40)23-11-16-46(7)31(23)24(49)18-29-44(5)15-13-30(43(3,4)28(44)12-17-45(29,46)6)63-41-38(57)35(54)33(52)26(19-48)61-41/h10,23-42,48-58H,9,11-21H2,1-8H3/t23-,24-,25+,26-,27+,28-,29+,30-,31+,32+,33-,34+,35+,36-,37+,38+,39+,40+,41+,42-,44+,45-,46-,47+/m1/s1. The maximum atomic E-state index is 12.7. The fourth-order valence-electron chi connectivity index (χ4n) is 14.5. The van der Waals surface area contributed by atoms with Crippen molar-refractivity contribution >= 4 is 0 Å². The number of rotatable bonds is 12. The average Bonchev–Trinajstić information content (AvgIpc) is 3.62. The second-order valence-electron chi connectivity index (χ2n) is 22.5. The summed E-state index contributed by atoms with van der Waals surface area (Å²) in [6.45, 7) is 16.3. The summed E-state index contributed by atoms with van der Waals surface area (Å²) < 4.78 is 36.5. The first-order valence-corrected chi connectivity index (χ1v) is 23.8. The third kappa shape index (κ3) is 8.60. The van der Waals surface area contributed by atoms with Gasteiger partial charge in [0, 0.05) is 0 Å². The number of hydrogen-bond acceptors (Lipinski definition) is 17. The molecule has 7 fully saturated rings. The Hall–Kier alpha value is -0.940. The Balaban J connectivity index is 1.11. The van der Waals surface area contributed by atoms with Crippen LogP contribution in [0.2, 0.25) is 0 Å². The largest absolute Gasteiger partial charge is 0.394 e. The minimum absolute atomic E-state index is 0.149. The Morgan fingerprint density at radius 3 is 1.94 bits per heavy atom. The van der Waals surface area contributed by atoms with Gasteiger partial charge in [0.15, 0.2) is 18.9 Å². The van der Waals surface area contributed by atoms with E-state index in [2.05, 4.69) is 40.7 Å². The zero-order chi connectivity index (χ0) is 47.1. The van der Waals surface area contributed by atoms with Crippen molar-refractivity contribution in [2.75, 3.05) is 19.8 Å². The van der Waals surface area contributed by atoms with Crippen molar-refractivity contribution in [3.63, 3.8) is 0 Å². The lowest BCUT2D eigenvalue weighted by molar-refractivity contribution is -0.346. The van der Waals surface area contributed by atoms with Gasteiger partial charge in [-0.2, -0.15) is 0 Å². The van der Waals surface area contributed by atoms with Crippen LogP contribution >= 0.6 is 0 Å². The van der Waals surface area contributed by atoms with Crippen molar-refractivity contribution in [3.05, 3.63) is 11.6 Å². The van der Waals surface area contributed by atoms with E-state index in [0.717, 1.165) is 37.7 Å². The molecule has 0 aromatic carbocycles. The molecule has 7 aliphatic rings. The summed E-state index contributed by atoms with van der Waals surface area (Å²) in [6, 6.07) is 0. The van der Waals surface area contributed by atoms with Crippen molar-refractivity contribution in [2.45, 2.75) is 217 Å². The molecule has 3 saturated heterocycles. The highest BCUT2D eigenvalue weighted by atomic mass is 16.7. The molecule has 0 amide bonds. The fraction of sp³-hybridized carbons (Fsp3) is 0.957. The van der Waals surface area contributed by atoms with Crippen LogP contribution in [0.3, 0.4) is 0 Å². The Morgan fingerprint density at radius 2 is 1.28 bits per heavy atom. The van der Waals surface area contributed by atoms with E-state index >= 15 is 0 Å². The number of aliphatic hydroxyl groups is 11. The molecule has 0 unspecified atom stereocenters. The Kier molecular flexibility index (Phi) is 14.9. The van der Waals surface area contributed by atoms with Gasteiger partial charge in [-0.3, -0.25) is 0 Å². The zero-order valence-electron chi connectivity index (χ0n) is 39.0. The highest BCUT2D eigenvalue weighted by Gasteiger charge is 2.72. The van der Waals surface area contributed by atoms with E-state index in [0.29, 0.717) is 25.7 Å². The highest BCUT2D eigenvalue weighted by molar-refractivity contribution is 5.20. The molecule has 3 heterocycles. The van der Waals surface area contributed by atoms with Gasteiger partial charge in [0.1, 0.15) is 67.1 Å². The van der Waals surface area contributed by atoms with E-state index in [-0.39, 0.29) is 52.6 Å². The predicted molar refractivity (Wildman–Crippen MR) is 228 cm³/mol. The average molecular weight is 917 g/mol. The molecule has 0 spiro atoms. The molecule has 17 nitrogen and oxygen atoms in total. The van der Waals surface area contributed by atoms with Gasteiger partial charge in [0.05, 0.1) is 37.6 Å². The molecule has 4 aliphatic carbocycles. The molecule has 0 bridgehead atoms. The Morgan fingerprint density at radius 1 is 0.672 bits per heavy atom. The molecule has 11 N–H and O–H groups in total. The van der Waals surface area contributed by atoms with Gasteiger partial charge in [0.25, 0.3) is 0 Å². The van der Waals surface area contributed by atoms with Gasteiger partial charge >= 0.3 is 0 Å². The molecular weight excluding hydrogens is 836 g/mol. The summed E-state index contributed by atoms with van der Waals surface area (Å²) >= 11 is 0. The number of fused-ring (bicyclic) bond motifs is 5. The monoisotopic (exact) mass is 917 g/mol. The van der Waals surface area contributed by atoms with Crippen LogP contribution in [0.25, 0.3) is 0 Å². The SMILES string of the molecule is CC(C)=CCC[C@](C)(O[C@H]1O[C@@H](CO[C@@H]2OC[C@H](O)[C@H](O)[C@@H]2O)[C@H](O)[C@@H](O)[C@@H]1O)[C@@H]1CC[C@]2(C)[C@@H]1[C@H](O)C[C@H]1[C@@]3(C)CC[C@@H](O[C@@H]4O[C@H](CO)[C@@H](O)[C@H](O)[C@@H]4O)C(C)(C)[C@H]3CC[C@]12C. The number of aliphatic hydroxyl groups excluding tert-OH is 11. The van der Waals surface area contributed by atoms with Crippen molar-refractivity contribution in [3.8, 4) is 0 Å². The summed E-state index contributed by atoms with van der Waals surface area (Å²) in [5, 5.41) is 118. The highest BCUT2D eigenvalue weighted by Crippen LogP contribution is 2.76. The molecule has 7 rings (SSSR count). The van der Waals surface area contributed by atoms with E-state index in [4.69, 9.17) is 28.4 Å². The molecule has 4 saturated carbocycles. The molecule has 0 aromatic heterocycles. The summed E-state index contributed by atoms with van der Waals surface area (Å²) in [4.78, 5) is 0. The van der Waals surface area contributed by atoms with E-state index in [1.807, 2.05) is 20.8 Å². The van der Waals surface area contributed by atoms with Gasteiger partial charge in [-0.05, 0) is 124 Å². The first-order valence-electron chi connectivity index (χ1n) is 23.8. The number of ether oxygens (including phenoxy) is 6. The van der Waals surface area contributed by atoms with Crippen molar-refractivity contribution in [1.29, 1.82) is 0 Å². The summed E-state index contributed by atoms with van der Waals surface area (Å²) in [5.41, 5.74) is -0.948. The van der Waals surface area contributed by atoms with Crippen molar-refractivity contribution in [2.24, 2.45) is 45.3 Å². The number of hydrogen-bond donors (Lipinski definition) is 11. The van der Waals surface area contributed by atoms with Crippen molar-refractivity contribution in [1.82, 2.24) is 0 Å². The second-order valence-corrected chi connectivity index (χ2v) is 22.5. The van der Waals surface area contributed by atoms with Crippen LogP contribution in [-0.4, -0.2) is 180 Å². The normalized spacial score (nSPS) is 52.5. The lowest BCUT2D eigenvalue weighted by Gasteiger charge is -2.71. The maximum Gasteiger partial charge on any atom is 0.187 e. The summed E-state index contributed by atoms with van der Waals surface area (Å²) in [5.74, 6) is -0.0478. The minimum atomic E-state index is -1.68. The van der Waals surface area contributed by atoms with E-state index in [1.165, 1.54) is 0 Å². The lowest BCUT2D eigenvalue weighted by Crippen LogP contribution is -2.67. The van der Waals surface area contributed by atoms with Gasteiger partial charge in [-0.1, -0.05) is 46.3 Å². The van der Waals surface area contributed by atoms with Gasteiger partial charge in [0.2, 0.25) is 0 Å². The lowest BCUT2D eigenvalue weighted by atomic mass is 9.35. The molecule has 3 aliphatic heterocycles. The van der Waals surface area contributed by atoms with E-state index < -0.39 is 116 Å². The van der Waals surface area contributed by atoms with Crippen LogP contribution in [0.5, 0.6) is 0 Å². The zero-order valence-corrected chi connectivity index (χ0v) is 39.0. The topological polar surface area (TPSA) is 278 Å². The first-order chi connectivity index (χ1) is 29.9. The Bertz CT molecular complexity index is 1630. The number of allylic oxidation sites excluding steroid dienone is 2. The van der Waals surface area contributed by atoms with E-state index in [1.54, 1.807) is 0 Å². The van der Waals surface area contributed by atoms with E-state index in [9.17, 15) is 56.2 Å². The molecule has 24 atom stereocenters. The summed E-state index contributed by atoms with van der Waals surface area (Å²) in [7, 11) is 0. The van der Waals surface area contributed by atoms with Gasteiger partial charge in [-0.15, -0.1) is 0 Å². The molecule has 370 valence electrons. The maximum absolute atomic E-state index is 12.7. The molecule has 64 heavy (non-hydrogen) atoms. The minimum Gasteiger partial charge on any atom is -0.394 e.